The number of imide groups is 1. The molecule has 11 heteroatoms. The standard InChI is InChI=1S/C31H25ClFN3O5S/c1-2-13-41-30(39)23-15-21(11-12-24(23)32)34-28(37)18-36-29(38)27(42-31(36)40)14-20-17-35(26-10-6-4-8-22(20)26)16-19-7-3-5-9-25(19)33/h3-12,14-15,17H,2,13,16,18H2,1H3,(H,34,37)/b27-14-. The number of amides is 3. The Bertz CT molecular complexity index is 1750. The van der Waals surface area contributed by atoms with Gasteiger partial charge >= 0.3 is 5.97 Å². The second-order valence-corrected chi connectivity index (χ2v) is 10.9. The molecular formula is C31H25ClFN3O5S. The number of fused-ring (bicyclic) bond motifs is 1. The molecule has 8 nitrogen and oxygen atoms in total. The number of nitrogens with zero attached hydrogens (tertiary/aromatic N) is 2. The van der Waals surface area contributed by atoms with E-state index in [-0.39, 0.29) is 40.1 Å². The number of carbonyl (C=O) groups excluding carboxylic acids is 4. The average molecular weight is 606 g/mol. The molecule has 0 radical (unpaired) electrons. The Kier molecular flexibility index (Phi) is 8.75. The Morgan fingerprint density at radius 2 is 1.83 bits per heavy atom. The normalized spacial score (nSPS) is 14.2. The number of hydrogen-bond donors (Lipinski definition) is 1. The summed E-state index contributed by atoms with van der Waals surface area (Å²) in [5.41, 5.74) is 2.39. The molecular weight excluding hydrogens is 581 g/mol. The fraction of sp³-hybridized carbons (Fsp3) is 0.161. The van der Waals surface area contributed by atoms with Crippen LogP contribution in [0.3, 0.4) is 0 Å². The molecule has 1 saturated heterocycles. The van der Waals surface area contributed by atoms with Gasteiger partial charge in [-0.3, -0.25) is 19.3 Å². The lowest BCUT2D eigenvalue weighted by atomic mass is 10.1. The van der Waals surface area contributed by atoms with Gasteiger partial charge in [-0.25, -0.2) is 9.18 Å². The summed E-state index contributed by atoms with van der Waals surface area (Å²) in [4.78, 5) is 52.0. The van der Waals surface area contributed by atoms with Crippen LogP contribution in [0.1, 0.15) is 34.8 Å². The van der Waals surface area contributed by atoms with Crippen LogP contribution in [0.15, 0.2) is 77.8 Å². The second-order valence-electron chi connectivity index (χ2n) is 9.47. The molecule has 1 aliphatic rings. The molecule has 0 unspecified atom stereocenters. The first-order chi connectivity index (χ1) is 20.2. The zero-order chi connectivity index (χ0) is 29.8. The van der Waals surface area contributed by atoms with Gasteiger partial charge in [0, 0.05) is 33.9 Å². The zero-order valence-electron chi connectivity index (χ0n) is 22.4. The van der Waals surface area contributed by atoms with Gasteiger partial charge in [0.1, 0.15) is 12.4 Å². The van der Waals surface area contributed by atoms with E-state index in [0.29, 0.717) is 17.5 Å². The molecule has 1 N–H and O–H groups in total. The fourth-order valence-corrected chi connectivity index (χ4v) is 5.51. The largest absolute Gasteiger partial charge is 0.462 e. The van der Waals surface area contributed by atoms with Gasteiger partial charge in [0.05, 0.1) is 28.6 Å². The molecule has 4 aromatic rings. The highest BCUT2D eigenvalue weighted by Gasteiger charge is 2.36. The van der Waals surface area contributed by atoms with Crippen molar-refractivity contribution in [1.29, 1.82) is 0 Å². The Morgan fingerprint density at radius 1 is 1.07 bits per heavy atom. The molecule has 0 saturated carbocycles. The Hall–Kier alpha value is -4.41. The molecule has 2 heterocycles. The van der Waals surface area contributed by atoms with Gasteiger partial charge < -0.3 is 14.6 Å². The number of anilines is 1. The van der Waals surface area contributed by atoms with Crippen LogP contribution in [0.2, 0.25) is 5.02 Å². The first-order valence-electron chi connectivity index (χ1n) is 13.1. The minimum absolute atomic E-state index is 0.0891. The highest BCUT2D eigenvalue weighted by Crippen LogP contribution is 2.34. The van der Waals surface area contributed by atoms with E-state index in [1.54, 1.807) is 30.5 Å². The van der Waals surface area contributed by atoms with Crippen molar-refractivity contribution in [1.82, 2.24) is 9.47 Å². The summed E-state index contributed by atoms with van der Waals surface area (Å²) in [5, 5.41) is 3.00. The summed E-state index contributed by atoms with van der Waals surface area (Å²) in [7, 11) is 0. The first-order valence-corrected chi connectivity index (χ1v) is 14.3. The number of esters is 1. The van der Waals surface area contributed by atoms with Crippen LogP contribution in [0, 0.1) is 5.82 Å². The van der Waals surface area contributed by atoms with Gasteiger partial charge in [-0.05, 0) is 54.6 Å². The number of benzene rings is 3. The SMILES string of the molecule is CCCOC(=O)c1cc(NC(=O)CN2C(=O)S/C(=C\c3cn(Cc4ccccc4F)c4ccccc34)C2=O)ccc1Cl. The number of thioether (sulfide) groups is 1. The van der Waals surface area contributed by atoms with Crippen LogP contribution in [0.4, 0.5) is 14.9 Å². The highest BCUT2D eigenvalue weighted by molar-refractivity contribution is 8.18. The van der Waals surface area contributed by atoms with E-state index < -0.39 is 29.6 Å². The van der Waals surface area contributed by atoms with E-state index in [1.807, 2.05) is 35.8 Å². The van der Waals surface area contributed by atoms with Gasteiger partial charge in [0.15, 0.2) is 0 Å². The summed E-state index contributed by atoms with van der Waals surface area (Å²) >= 11 is 6.85. The maximum Gasteiger partial charge on any atom is 0.339 e. The molecule has 1 fully saturated rings. The number of nitrogens with one attached hydrogen (secondary N) is 1. The number of aromatic nitrogens is 1. The summed E-state index contributed by atoms with van der Waals surface area (Å²) in [5.74, 6) is -2.17. The van der Waals surface area contributed by atoms with Crippen molar-refractivity contribution < 1.29 is 28.3 Å². The summed E-state index contributed by atoms with van der Waals surface area (Å²) in [6.07, 6.45) is 4.06. The molecule has 5 rings (SSSR count). The van der Waals surface area contributed by atoms with Crippen LogP contribution in [-0.4, -0.2) is 45.6 Å². The number of carbonyl (C=O) groups is 4. The van der Waals surface area contributed by atoms with Crippen molar-refractivity contribution in [2.75, 3.05) is 18.5 Å². The van der Waals surface area contributed by atoms with Gasteiger partial charge in [-0.2, -0.15) is 0 Å². The molecule has 0 bridgehead atoms. The predicted molar refractivity (Wildman–Crippen MR) is 161 cm³/mol. The lowest BCUT2D eigenvalue weighted by molar-refractivity contribution is -0.127. The molecule has 1 aromatic heterocycles. The molecule has 3 aromatic carbocycles. The third-order valence-corrected chi connectivity index (χ3v) is 7.72. The van der Waals surface area contributed by atoms with Crippen LogP contribution >= 0.6 is 23.4 Å². The monoisotopic (exact) mass is 605 g/mol. The van der Waals surface area contributed by atoms with E-state index in [9.17, 15) is 23.6 Å². The average Bonchev–Trinajstić information content (AvgIpc) is 3.45. The zero-order valence-corrected chi connectivity index (χ0v) is 24.0. The van der Waals surface area contributed by atoms with Gasteiger partial charge in [-0.1, -0.05) is 54.9 Å². The molecule has 3 amide bonds. The lowest BCUT2D eigenvalue weighted by Crippen LogP contribution is -2.36. The van der Waals surface area contributed by atoms with Crippen LogP contribution < -0.4 is 5.32 Å². The van der Waals surface area contributed by atoms with Crippen molar-refractivity contribution in [2.24, 2.45) is 0 Å². The number of hydrogen-bond acceptors (Lipinski definition) is 6. The van der Waals surface area contributed by atoms with E-state index >= 15 is 0 Å². The maximum absolute atomic E-state index is 14.3. The Morgan fingerprint density at radius 3 is 2.62 bits per heavy atom. The van der Waals surface area contributed by atoms with Gasteiger partial charge in [0.25, 0.3) is 11.1 Å². The minimum atomic E-state index is -0.629. The van der Waals surface area contributed by atoms with E-state index in [2.05, 4.69) is 5.32 Å². The smallest absolute Gasteiger partial charge is 0.339 e. The number of ether oxygens (including phenoxy) is 1. The van der Waals surface area contributed by atoms with E-state index in [0.717, 1.165) is 27.6 Å². The number of para-hydroxylation sites is 1. The van der Waals surface area contributed by atoms with E-state index in [1.165, 1.54) is 24.3 Å². The quantitative estimate of drug-likeness (QED) is 0.168. The fourth-order valence-electron chi connectivity index (χ4n) is 4.48. The van der Waals surface area contributed by atoms with Crippen LogP contribution in [-0.2, 0) is 20.9 Å². The van der Waals surface area contributed by atoms with Crippen molar-refractivity contribution in [3.63, 3.8) is 0 Å². The topological polar surface area (TPSA) is 97.7 Å². The third kappa shape index (κ3) is 6.24. The maximum atomic E-state index is 14.3. The highest BCUT2D eigenvalue weighted by atomic mass is 35.5. The first kappa shape index (κ1) is 29.1. The summed E-state index contributed by atoms with van der Waals surface area (Å²) < 4.78 is 21.3. The summed E-state index contributed by atoms with van der Waals surface area (Å²) in [6, 6.07) is 18.4. The Labute approximate surface area is 250 Å². The number of halogens is 2. The van der Waals surface area contributed by atoms with Crippen LogP contribution in [0.25, 0.3) is 17.0 Å². The second kappa shape index (κ2) is 12.6. The lowest BCUT2D eigenvalue weighted by Gasteiger charge is -2.13. The molecule has 214 valence electrons. The van der Waals surface area contributed by atoms with Crippen LogP contribution in [0.5, 0.6) is 0 Å². The molecule has 0 spiro atoms. The van der Waals surface area contributed by atoms with Crippen molar-refractivity contribution in [2.45, 2.75) is 19.9 Å². The Balaban J connectivity index is 1.32. The van der Waals surface area contributed by atoms with Crippen molar-refractivity contribution in [3.05, 3.63) is 105 Å². The molecule has 42 heavy (non-hydrogen) atoms. The minimum Gasteiger partial charge on any atom is -0.462 e. The number of rotatable bonds is 9. The van der Waals surface area contributed by atoms with Crippen molar-refractivity contribution >= 4 is 69.1 Å². The van der Waals surface area contributed by atoms with E-state index in [4.69, 9.17) is 16.3 Å². The van der Waals surface area contributed by atoms with Crippen molar-refractivity contribution in [3.8, 4) is 0 Å². The molecule has 1 aliphatic heterocycles. The molecule has 0 atom stereocenters. The predicted octanol–water partition coefficient (Wildman–Crippen LogP) is 6.72. The molecule has 0 aliphatic carbocycles. The summed E-state index contributed by atoms with van der Waals surface area (Å²) in [6.45, 7) is 1.85. The third-order valence-electron chi connectivity index (χ3n) is 6.49. The van der Waals surface area contributed by atoms with Gasteiger partial charge in [-0.15, -0.1) is 0 Å². The van der Waals surface area contributed by atoms with Gasteiger partial charge in [0.2, 0.25) is 5.91 Å².